The number of para-hydroxylation sites is 1. The van der Waals surface area contributed by atoms with Crippen LogP contribution in [0.25, 0.3) is 10.9 Å². The molecule has 0 aliphatic carbocycles. The minimum Gasteiger partial charge on any atom is -0.480 e. The number of rotatable bonds is 5. The molecule has 0 aliphatic heterocycles. The van der Waals surface area contributed by atoms with Gasteiger partial charge in [-0.15, -0.1) is 0 Å². The van der Waals surface area contributed by atoms with E-state index in [4.69, 9.17) is 5.11 Å². The van der Waals surface area contributed by atoms with Crippen molar-refractivity contribution in [3.63, 3.8) is 0 Å². The highest BCUT2D eigenvalue weighted by atomic mass is 16.4. The van der Waals surface area contributed by atoms with Crippen LogP contribution in [0.2, 0.25) is 0 Å². The van der Waals surface area contributed by atoms with Crippen LogP contribution in [-0.2, 0) is 16.1 Å². The van der Waals surface area contributed by atoms with E-state index in [-0.39, 0.29) is 11.3 Å². The SMILES string of the molecule is CC(C)C(NC(=O)Cn1c(=O)[nH]c2ccccc2c1=O)C(=O)O. The maximum Gasteiger partial charge on any atom is 0.329 e. The fraction of sp³-hybridized carbons (Fsp3) is 0.333. The molecule has 0 saturated carbocycles. The molecule has 1 heterocycles. The van der Waals surface area contributed by atoms with E-state index in [1.165, 1.54) is 6.07 Å². The van der Waals surface area contributed by atoms with Crippen molar-refractivity contribution >= 4 is 22.8 Å². The lowest BCUT2D eigenvalue weighted by molar-refractivity contribution is -0.143. The minimum atomic E-state index is -1.17. The molecule has 2 rings (SSSR count). The molecule has 1 unspecified atom stereocenters. The van der Waals surface area contributed by atoms with Gasteiger partial charge in [-0.25, -0.2) is 9.59 Å². The number of carboxylic acids is 1. The molecule has 0 radical (unpaired) electrons. The molecule has 1 aromatic heterocycles. The Balaban J connectivity index is 2.32. The van der Waals surface area contributed by atoms with Crippen molar-refractivity contribution in [2.24, 2.45) is 5.92 Å². The molecule has 0 bridgehead atoms. The number of carboxylic acid groups (broad SMARTS) is 1. The Kier molecular flexibility index (Phi) is 4.63. The molecule has 1 amide bonds. The minimum absolute atomic E-state index is 0.276. The van der Waals surface area contributed by atoms with Crippen LogP contribution in [0.5, 0.6) is 0 Å². The van der Waals surface area contributed by atoms with Gasteiger partial charge in [0.05, 0.1) is 10.9 Å². The summed E-state index contributed by atoms with van der Waals surface area (Å²) in [4.78, 5) is 49.8. The van der Waals surface area contributed by atoms with E-state index >= 15 is 0 Å². The Morgan fingerprint density at radius 1 is 1.26 bits per heavy atom. The summed E-state index contributed by atoms with van der Waals surface area (Å²) >= 11 is 0. The van der Waals surface area contributed by atoms with Gasteiger partial charge in [-0.1, -0.05) is 26.0 Å². The highest BCUT2D eigenvalue weighted by molar-refractivity contribution is 5.84. The Morgan fingerprint density at radius 3 is 2.52 bits per heavy atom. The van der Waals surface area contributed by atoms with E-state index in [1.54, 1.807) is 32.0 Å². The van der Waals surface area contributed by atoms with Crippen LogP contribution in [0.15, 0.2) is 33.9 Å². The quantitative estimate of drug-likeness (QED) is 0.711. The number of aliphatic carboxylic acids is 1. The predicted molar refractivity (Wildman–Crippen MR) is 83.2 cm³/mol. The smallest absolute Gasteiger partial charge is 0.329 e. The fourth-order valence-corrected chi connectivity index (χ4v) is 2.22. The van der Waals surface area contributed by atoms with E-state index in [1.807, 2.05) is 0 Å². The molecule has 0 spiro atoms. The Hall–Kier alpha value is -2.90. The second-order valence-electron chi connectivity index (χ2n) is 5.49. The molecule has 1 atom stereocenters. The summed E-state index contributed by atoms with van der Waals surface area (Å²) in [5.41, 5.74) is -0.944. The molecule has 2 aromatic rings. The molecular weight excluding hydrogens is 302 g/mol. The van der Waals surface area contributed by atoms with Gasteiger partial charge < -0.3 is 15.4 Å². The molecule has 122 valence electrons. The molecule has 0 fully saturated rings. The topological polar surface area (TPSA) is 121 Å². The van der Waals surface area contributed by atoms with Gasteiger partial charge in [-0.3, -0.25) is 14.2 Å². The van der Waals surface area contributed by atoms with E-state index in [9.17, 15) is 19.2 Å². The van der Waals surface area contributed by atoms with Crippen molar-refractivity contribution in [1.82, 2.24) is 14.9 Å². The first-order valence-corrected chi connectivity index (χ1v) is 7.05. The molecule has 0 aliphatic rings. The first kappa shape index (κ1) is 16.5. The second-order valence-corrected chi connectivity index (χ2v) is 5.49. The van der Waals surface area contributed by atoms with Crippen LogP contribution in [0.3, 0.4) is 0 Å². The number of aromatic amines is 1. The average molecular weight is 319 g/mol. The van der Waals surface area contributed by atoms with E-state index in [0.717, 1.165) is 4.57 Å². The number of aromatic nitrogens is 2. The van der Waals surface area contributed by atoms with Crippen LogP contribution in [0, 0.1) is 5.92 Å². The fourth-order valence-electron chi connectivity index (χ4n) is 2.22. The maximum absolute atomic E-state index is 12.3. The number of carbonyl (C=O) groups excluding carboxylic acids is 1. The van der Waals surface area contributed by atoms with Crippen molar-refractivity contribution < 1.29 is 14.7 Å². The van der Waals surface area contributed by atoms with E-state index < -0.39 is 35.7 Å². The highest BCUT2D eigenvalue weighted by Gasteiger charge is 2.24. The number of nitrogens with one attached hydrogen (secondary N) is 2. The van der Waals surface area contributed by atoms with Gasteiger partial charge in [0.15, 0.2) is 0 Å². The highest BCUT2D eigenvalue weighted by Crippen LogP contribution is 2.03. The van der Waals surface area contributed by atoms with Gasteiger partial charge in [0.25, 0.3) is 5.56 Å². The van der Waals surface area contributed by atoms with Gasteiger partial charge in [0, 0.05) is 0 Å². The van der Waals surface area contributed by atoms with Crippen molar-refractivity contribution in [2.45, 2.75) is 26.4 Å². The van der Waals surface area contributed by atoms with Crippen LogP contribution < -0.4 is 16.6 Å². The number of hydrogen-bond acceptors (Lipinski definition) is 4. The van der Waals surface area contributed by atoms with Crippen LogP contribution in [0.4, 0.5) is 0 Å². The number of benzene rings is 1. The van der Waals surface area contributed by atoms with Crippen molar-refractivity contribution in [3.8, 4) is 0 Å². The lowest BCUT2D eigenvalue weighted by Gasteiger charge is -2.18. The number of H-pyrrole nitrogens is 1. The standard InChI is InChI=1S/C15H17N3O5/c1-8(2)12(14(21)22)17-11(19)7-18-13(20)9-5-3-4-6-10(9)16-15(18)23/h3-6,8,12H,7H2,1-2H3,(H,16,23)(H,17,19)(H,21,22). The van der Waals surface area contributed by atoms with Crippen molar-refractivity contribution in [2.75, 3.05) is 0 Å². The summed E-state index contributed by atoms with van der Waals surface area (Å²) in [6.45, 7) is 2.75. The normalized spacial score (nSPS) is 12.3. The number of nitrogens with zero attached hydrogens (tertiary/aromatic N) is 1. The van der Waals surface area contributed by atoms with Crippen LogP contribution >= 0.6 is 0 Å². The lowest BCUT2D eigenvalue weighted by atomic mass is 10.1. The first-order chi connectivity index (χ1) is 10.8. The number of fused-ring (bicyclic) bond motifs is 1. The molecule has 8 heteroatoms. The molecule has 1 aromatic carbocycles. The molecular formula is C15H17N3O5. The van der Waals surface area contributed by atoms with Crippen molar-refractivity contribution in [3.05, 3.63) is 45.1 Å². The zero-order valence-corrected chi connectivity index (χ0v) is 12.7. The molecule has 0 saturated heterocycles. The van der Waals surface area contributed by atoms with Crippen LogP contribution in [-0.4, -0.2) is 32.6 Å². The van der Waals surface area contributed by atoms with Gasteiger partial charge in [0.1, 0.15) is 12.6 Å². The summed E-state index contributed by atoms with van der Waals surface area (Å²) < 4.78 is 0.747. The Bertz CT molecular complexity index is 865. The maximum atomic E-state index is 12.3. The summed E-state index contributed by atoms with van der Waals surface area (Å²) in [6, 6.07) is 5.36. The van der Waals surface area contributed by atoms with Gasteiger partial charge in [-0.05, 0) is 18.1 Å². The Labute approximate surface area is 130 Å². The third-order valence-corrected chi connectivity index (χ3v) is 3.44. The number of hydrogen-bond donors (Lipinski definition) is 3. The first-order valence-electron chi connectivity index (χ1n) is 7.05. The largest absolute Gasteiger partial charge is 0.480 e. The molecule has 23 heavy (non-hydrogen) atoms. The zero-order valence-electron chi connectivity index (χ0n) is 12.7. The third-order valence-electron chi connectivity index (χ3n) is 3.44. The van der Waals surface area contributed by atoms with Crippen molar-refractivity contribution in [1.29, 1.82) is 0 Å². The van der Waals surface area contributed by atoms with Crippen LogP contribution in [0.1, 0.15) is 13.8 Å². The number of amides is 1. The van der Waals surface area contributed by atoms with Gasteiger partial charge in [-0.2, -0.15) is 0 Å². The second kappa shape index (κ2) is 6.47. The third kappa shape index (κ3) is 3.47. The summed E-state index contributed by atoms with van der Waals surface area (Å²) in [7, 11) is 0. The zero-order chi connectivity index (χ0) is 17.1. The monoisotopic (exact) mass is 319 g/mol. The number of carbonyl (C=O) groups is 2. The molecule has 3 N–H and O–H groups in total. The van der Waals surface area contributed by atoms with Gasteiger partial charge in [0.2, 0.25) is 5.91 Å². The van der Waals surface area contributed by atoms with E-state index in [2.05, 4.69) is 10.3 Å². The lowest BCUT2D eigenvalue weighted by Crippen LogP contribution is -2.48. The van der Waals surface area contributed by atoms with Gasteiger partial charge >= 0.3 is 11.7 Å². The summed E-state index contributed by atoms with van der Waals surface area (Å²) in [6.07, 6.45) is 0. The molecule has 8 nitrogen and oxygen atoms in total. The summed E-state index contributed by atoms with van der Waals surface area (Å²) in [5, 5.41) is 11.7. The predicted octanol–water partition coefficient (Wildman–Crippen LogP) is -0.0848. The Morgan fingerprint density at radius 2 is 1.91 bits per heavy atom. The van der Waals surface area contributed by atoms with E-state index in [0.29, 0.717) is 5.52 Å². The average Bonchev–Trinajstić information content (AvgIpc) is 2.48. The summed E-state index contributed by atoms with van der Waals surface area (Å²) in [5.74, 6) is -2.22.